The van der Waals surface area contributed by atoms with Crippen LogP contribution < -0.4 is 0 Å². The summed E-state index contributed by atoms with van der Waals surface area (Å²) >= 11 is 0. The molecular formula is C8H19NSi. The molecule has 0 rings (SSSR count). The van der Waals surface area contributed by atoms with Gasteiger partial charge in [-0.05, 0) is 31.3 Å². The third-order valence-corrected chi connectivity index (χ3v) is 7.13. The molecule has 0 radical (unpaired) electrons. The summed E-state index contributed by atoms with van der Waals surface area (Å²) in [4.78, 5) is 0. The highest BCUT2D eigenvalue weighted by atomic mass is 28.3. The first kappa shape index (κ1) is 9.89. The van der Waals surface area contributed by atoms with Gasteiger partial charge in [-0.25, -0.2) is 0 Å². The van der Waals surface area contributed by atoms with Crippen molar-refractivity contribution in [1.29, 1.82) is 0 Å². The molecule has 0 heterocycles. The molecule has 0 spiro atoms. The van der Waals surface area contributed by atoms with Crippen molar-refractivity contribution < 1.29 is 0 Å². The summed E-state index contributed by atoms with van der Waals surface area (Å²) in [6.07, 6.45) is 1.99. The maximum atomic E-state index is 4.62. The van der Waals surface area contributed by atoms with Gasteiger partial charge in [0.1, 0.15) is 0 Å². The van der Waals surface area contributed by atoms with E-state index in [1.54, 1.807) is 0 Å². The van der Waals surface area contributed by atoms with Gasteiger partial charge in [0.15, 0.2) is 8.24 Å². The average Bonchev–Trinajstić information content (AvgIpc) is 2.01. The van der Waals surface area contributed by atoms with Gasteiger partial charge in [-0.3, -0.25) is 0 Å². The van der Waals surface area contributed by atoms with Gasteiger partial charge < -0.3 is 4.66 Å². The van der Waals surface area contributed by atoms with E-state index in [1.165, 1.54) is 18.1 Å². The first-order valence-corrected chi connectivity index (χ1v) is 6.81. The summed E-state index contributed by atoms with van der Waals surface area (Å²) in [5, 5.41) is 0. The zero-order chi connectivity index (χ0) is 8.04. The van der Waals surface area contributed by atoms with E-state index < -0.39 is 8.24 Å². The van der Waals surface area contributed by atoms with E-state index >= 15 is 0 Å². The molecule has 0 aromatic carbocycles. The second kappa shape index (κ2) is 4.66. The molecule has 0 N–H and O–H groups in total. The SMILES string of the molecule is C/C=N/[Si](CC)(CC)CC. The highest BCUT2D eigenvalue weighted by Gasteiger charge is 2.24. The van der Waals surface area contributed by atoms with Crippen molar-refractivity contribution in [1.82, 2.24) is 0 Å². The first-order valence-electron chi connectivity index (χ1n) is 4.24. The van der Waals surface area contributed by atoms with Gasteiger partial charge in [0.2, 0.25) is 0 Å². The van der Waals surface area contributed by atoms with E-state index in [0.717, 1.165) is 0 Å². The Morgan fingerprint density at radius 2 is 1.50 bits per heavy atom. The van der Waals surface area contributed by atoms with Crippen molar-refractivity contribution in [2.45, 2.75) is 45.8 Å². The monoisotopic (exact) mass is 157 g/mol. The van der Waals surface area contributed by atoms with Crippen LogP contribution in [0.5, 0.6) is 0 Å². The van der Waals surface area contributed by atoms with Crippen molar-refractivity contribution in [3.8, 4) is 0 Å². The molecule has 0 aliphatic rings. The van der Waals surface area contributed by atoms with Crippen LogP contribution in [0.2, 0.25) is 18.1 Å². The van der Waals surface area contributed by atoms with Crippen LogP contribution in [0, 0.1) is 0 Å². The summed E-state index contributed by atoms with van der Waals surface area (Å²) in [5.74, 6) is 0. The van der Waals surface area contributed by atoms with E-state index in [1.807, 2.05) is 13.1 Å². The van der Waals surface area contributed by atoms with Crippen LogP contribution in [0.25, 0.3) is 0 Å². The molecule has 0 fully saturated rings. The highest BCUT2D eigenvalue weighted by Crippen LogP contribution is 2.20. The predicted octanol–water partition coefficient (Wildman–Crippen LogP) is 3.08. The van der Waals surface area contributed by atoms with Crippen molar-refractivity contribution >= 4 is 14.5 Å². The molecule has 10 heavy (non-hydrogen) atoms. The van der Waals surface area contributed by atoms with Crippen molar-refractivity contribution in [2.75, 3.05) is 0 Å². The molecule has 60 valence electrons. The lowest BCUT2D eigenvalue weighted by atomic mass is 10.9. The van der Waals surface area contributed by atoms with Crippen LogP contribution in [0.4, 0.5) is 0 Å². The Labute approximate surface area is 65.7 Å². The second-order valence-electron chi connectivity index (χ2n) is 2.67. The van der Waals surface area contributed by atoms with E-state index in [-0.39, 0.29) is 0 Å². The summed E-state index contributed by atoms with van der Waals surface area (Å²) in [6.45, 7) is 8.84. The molecule has 0 saturated carbocycles. The standard InChI is InChI=1S/C8H19NSi/c1-5-9-10(6-2,7-3)8-4/h5H,6-8H2,1-4H3/b9-5+. The third-order valence-electron chi connectivity index (χ3n) is 2.38. The van der Waals surface area contributed by atoms with Gasteiger partial charge >= 0.3 is 0 Å². The Morgan fingerprint density at radius 3 is 1.60 bits per heavy atom. The van der Waals surface area contributed by atoms with E-state index in [4.69, 9.17) is 0 Å². The molecule has 0 aromatic heterocycles. The molecule has 0 aliphatic heterocycles. The quantitative estimate of drug-likeness (QED) is 0.439. The normalized spacial score (nSPS) is 12.8. The maximum absolute atomic E-state index is 4.62. The third kappa shape index (κ3) is 2.25. The topological polar surface area (TPSA) is 12.4 Å². The number of hydrogen-bond acceptors (Lipinski definition) is 1. The molecule has 0 aliphatic carbocycles. The number of rotatable bonds is 4. The molecule has 0 bridgehead atoms. The Morgan fingerprint density at radius 1 is 1.10 bits per heavy atom. The van der Waals surface area contributed by atoms with Crippen molar-refractivity contribution in [3.63, 3.8) is 0 Å². The molecule has 0 aromatic rings. The minimum Gasteiger partial charge on any atom is -0.333 e. The molecule has 2 heteroatoms. The minimum absolute atomic E-state index is 1.15. The molecular weight excluding hydrogens is 138 g/mol. The molecule has 0 atom stereocenters. The van der Waals surface area contributed by atoms with Crippen LogP contribution in [0.1, 0.15) is 27.7 Å². The van der Waals surface area contributed by atoms with Crippen LogP contribution in [-0.4, -0.2) is 14.5 Å². The molecule has 1 nitrogen and oxygen atoms in total. The summed E-state index contributed by atoms with van der Waals surface area (Å²) < 4.78 is 4.62. The van der Waals surface area contributed by atoms with Gasteiger partial charge in [0.05, 0.1) is 0 Å². The predicted molar refractivity (Wildman–Crippen MR) is 51.4 cm³/mol. The fraction of sp³-hybridized carbons (Fsp3) is 0.875. The van der Waals surface area contributed by atoms with Gasteiger partial charge in [-0.15, -0.1) is 0 Å². The average molecular weight is 157 g/mol. The van der Waals surface area contributed by atoms with Crippen LogP contribution in [0.15, 0.2) is 4.66 Å². The Bertz CT molecular complexity index is 97.6. The number of nitrogens with zero attached hydrogens (tertiary/aromatic N) is 1. The molecule has 0 amide bonds. The number of hydrogen-bond donors (Lipinski definition) is 0. The van der Waals surface area contributed by atoms with Crippen molar-refractivity contribution in [2.24, 2.45) is 4.66 Å². The van der Waals surface area contributed by atoms with Crippen molar-refractivity contribution in [3.05, 3.63) is 0 Å². The second-order valence-corrected chi connectivity index (χ2v) is 7.50. The van der Waals surface area contributed by atoms with Gasteiger partial charge in [-0.2, -0.15) is 0 Å². The van der Waals surface area contributed by atoms with Gasteiger partial charge in [-0.1, -0.05) is 20.8 Å². The van der Waals surface area contributed by atoms with Gasteiger partial charge in [0.25, 0.3) is 0 Å². The van der Waals surface area contributed by atoms with E-state index in [0.29, 0.717) is 0 Å². The summed E-state index contributed by atoms with van der Waals surface area (Å²) in [6, 6.07) is 3.89. The molecule has 0 saturated heterocycles. The fourth-order valence-corrected chi connectivity index (χ4v) is 3.89. The first-order chi connectivity index (χ1) is 4.74. The Balaban J connectivity index is 4.15. The largest absolute Gasteiger partial charge is 0.333 e. The summed E-state index contributed by atoms with van der Waals surface area (Å²) in [5.41, 5.74) is 0. The fourth-order valence-electron chi connectivity index (χ4n) is 1.30. The Kier molecular flexibility index (Phi) is 4.61. The highest BCUT2D eigenvalue weighted by molar-refractivity contribution is 6.78. The van der Waals surface area contributed by atoms with Crippen LogP contribution in [-0.2, 0) is 0 Å². The zero-order valence-electron chi connectivity index (χ0n) is 7.65. The smallest absolute Gasteiger partial charge is 0.179 e. The lowest BCUT2D eigenvalue weighted by Gasteiger charge is -2.21. The van der Waals surface area contributed by atoms with Crippen LogP contribution in [0.3, 0.4) is 0 Å². The summed E-state index contributed by atoms with van der Waals surface area (Å²) in [7, 11) is -1.15. The zero-order valence-corrected chi connectivity index (χ0v) is 8.65. The van der Waals surface area contributed by atoms with E-state index in [2.05, 4.69) is 25.4 Å². The molecule has 0 unspecified atom stereocenters. The maximum Gasteiger partial charge on any atom is 0.179 e. The lowest BCUT2D eigenvalue weighted by Crippen LogP contribution is -2.28. The lowest BCUT2D eigenvalue weighted by molar-refractivity contribution is 1.15. The minimum atomic E-state index is -1.15. The Hall–Kier alpha value is -0.113. The van der Waals surface area contributed by atoms with Gasteiger partial charge in [0, 0.05) is 0 Å². The van der Waals surface area contributed by atoms with Crippen LogP contribution >= 0.6 is 0 Å². The van der Waals surface area contributed by atoms with E-state index in [9.17, 15) is 0 Å².